The van der Waals surface area contributed by atoms with Gasteiger partial charge in [0.1, 0.15) is 5.82 Å². The van der Waals surface area contributed by atoms with E-state index >= 15 is 0 Å². The molecule has 86 valence electrons. The van der Waals surface area contributed by atoms with Gasteiger partial charge >= 0.3 is 0 Å². The monoisotopic (exact) mass is 271 g/mol. The van der Waals surface area contributed by atoms with Crippen LogP contribution >= 0.6 is 35.6 Å². The second kappa shape index (κ2) is 6.54. The molecule has 0 saturated carbocycles. The van der Waals surface area contributed by atoms with Crippen molar-refractivity contribution in [3.05, 3.63) is 33.6 Å². The molecule has 15 heavy (non-hydrogen) atoms. The SMILES string of the molecule is CCC[C@@H](N)c1c(Cl)ccc(Cl)c1F.Cl. The molecule has 0 spiro atoms. The fourth-order valence-electron chi connectivity index (χ4n) is 1.34. The van der Waals surface area contributed by atoms with E-state index in [0.717, 1.165) is 6.42 Å². The van der Waals surface area contributed by atoms with E-state index in [-0.39, 0.29) is 23.5 Å². The van der Waals surface area contributed by atoms with Crippen LogP contribution in [0.15, 0.2) is 12.1 Å². The van der Waals surface area contributed by atoms with Crippen LogP contribution in [0.25, 0.3) is 0 Å². The molecule has 1 rings (SSSR count). The van der Waals surface area contributed by atoms with Gasteiger partial charge in [-0.15, -0.1) is 12.4 Å². The predicted octanol–water partition coefficient (Wildman–Crippen LogP) is 4.35. The maximum Gasteiger partial charge on any atom is 0.148 e. The Morgan fingerprint density at radius 2 is 1.87 bits per heavy atom. The third-order valence-electron chi connectivity index (χ3n) is 2.05. The number of hydrogen-bond donors (Lipinski definition) is 1. The first-order valence-electron chi connectivity index (χ1n) is 4.46. The van der Waals surface area contributed by atoms with Crippen molar-refractivity contribution >= 4 is 35.6 Å². The van der Waals surface area contributed by atoms with Gasteiger partial charge in [0, 0.05) is 16.6 Å². The fourth-order valence-corrected chi connectivity index (χ4v) is 1.79. The number of halogens is 4. The van der Waals surface area contributed by atoms with Crippen LogP contribution in [-0.4, -0.2) is 0 Å². The van der Waals surface area contributed by atoms with E-state index in [1.165, 1.54) is 6.07 Å². The van der Waals surface area contributed by atoms with Gasteiger partial charge in [-0.3, -0.25) is 0 Å². The van der Waals surface area contributed by atoms with Gasteiger partial charge in [0.25, 0.3) is 0 Å². The third-order valence-corrected chi connectivity index (χ3v) is 2.67. The molecule has 0 bridgehead atoms. The van der Waals surface area contributed by atoms with Gasteiger partial charge in [0.2, 0.25) is 0 Å². The molecule has 0 heterocycles. The normalized spacial score (nSPS) is 12.1. The molecule has 0 aromatic heterocycles. The molecule has 0 unspecified atom stereocenters. The van der Waals surface area contributed by atoms with E-state index in [0.29, 0.717) is 17.0 Å². The molecular weight excluding hydrogens is 259 g/mol. The zero-order chi connectivity index (χ0) is 10.7. The van der Waals surface area contributed by atoms with Gasteiger partial charge in [0.05, 0.1) is 5.02 Å². The van der Waals surface area contributed by atoms with Gasteiger partial charge < -0.3 is 5.73 Å². The lowest BCUT2D eigenvalue weighted by molar-refractivity contribution is 0.560. The second-order valence-corrected chi connectivity index (χ2v) is 3.97. The highest BCUT2D eigenvalue weighted by Gasteiger charge is 2.16. The Morgan fingerprint density at radius 1 is 1.33 bits per heavy atom. The Labute approximate surface area is 105 Å². The fraction of sp³-hybridized carbons (Fsp3) is 0.400. The molecule has 0 fully saturated rings. The first-order valence-corrected chi connectivity index (χ1v) is 5.22. The number of rotatable bonds is 3. The molecule has 1 aromatic carbocycles. The quantitative estimate of drug-likeness (QED) is 0.813. The van der Waals surface area contributed by atoms with E-state index in [2.05, 4.69) is 0 Å². The molecule has 0 aliphatic heterocycles. The van der Waals surface area contributed by atoms with E-state index in [1.807, 2.05) is 6.92 Å². The maximum atomic E-state index is 13.5. The van der Waals surface area contributed by atoms with Crippen molar-refractivity contribution in [3.63, 3.8) is 0 Å². The standard InChI is InChI=1S/C10H12Cl2FN.ClH/c1-2-3-8(14)9-6(11)4-5-7(12)10(9)13;/h4-5,8H,2-3,14H2,1H3;1H/t8-;/m1./s1. The molecule has 5 heteroatoms. The number of nitrogens with two attached hydrogens (primary N) is 1. The Bertz CT molecular complexity index is 331. The summed E-state index contributed by atoms with van der Waals surface area (Å²) in [6.07, 6.45) is 1.57. The summed E-state index contributed by atoms with van der Waals surface area (Å²) >= 11 is 11.5. The van der Waals surface area contributed by atoms with Crippen molar-refractivity contribution in [2.24, 2.45) is 5.73 Å². The summed E-state index contributed by atoms with van der Waals surface area (Å²) in [7, 11) is 0. The van der Waals surface area contributed by atoms with Gasteiger partial charge in [-0.05, 0) is 18.6 Å². The highest BCUT2D eigenvalue weighted by molar-refractivity contribution is 6.33. The molecule has 1 atom stereocenters. The first-order chi connectivity index (χ1) is 6.57. The van der Waals surface area contributed by atoms with Crippen LogP contribution in [0.4, 0.5) is 4.39 Å². The van der Waals surface area contributed by atoms with Crippen molar-refractivity contribution in [1.82, 2.24) is 0 Å². The highest BCUT2D eigenvalue weighted by Crippen LogP contribution is 2.31. The predicted molar refractivity (Wildman–Crippen MR) is 65.5 cm³/mol. The molecule has 0 saturated heterocycles. The lowest BCUT2D eigenvalue weighted by Gasteiger charge is -2.14. The minimum Gasteiger partial charge on any atom is -0.324 e. The van der Waals surface area contributed by atoms with Crippen LogP contribution in [0.1, 0.15) is 31.4 Å². The first kappa shape index (κ1) is 15.0. The minimum atomic E-state index is -0.500. The average molecular weight is 273 g/mol. The van der Waals surface area contributed by atoms with Crippen LogP contribution in [0.2, 0.25) is 10.0 Å². The Kier molecular flexibility index (Phi) is 6.53. The van der Waals surface area contributed by atoms with Gasteiger partial charge in [-0.25, -0.2) is 4.39 Å². The Balaban J connectivity index is 0.00000196. The molecular formula is C10H13Cl3FN. The molecule has 0 amide bonds. The Morgan fingerprint density at radius 3 is 2.40 bits per heavy atom. The summed E-state index contributed by atoms with van der Waals surface area (Å²) < 4.78 is 13.5. The molecule has 1 nitrogen and oxygen atoms in total. The van der Waals surface area contributed by atoms with Crippen LogP contribution in [0, 0.1) is 5.82 Å². The Hall–Kier alpha value is -0.0200. The molecule has 2 N–H and O–H groups in total. The second-order valence-electron chi connectivity index (χ2n) is 3.15. The molecule has 1 aromatic rings. The van der Waals surface area contributed by atoms with Crippen molar-refractivity contribution in [3.8, 4) is 0 Å². The number of benzene rings is 1. The van der Waals surface area contributed by atoms with Gasteiger partial charge in [-0.1, -0.05) is 36.5 Å². The summed E-state index contributed by atoms with van der Waals surface area (Å²) in [6, 6.07) is 2.62. The summed E-state index contributed by atoms with van der Waals surface area (Å²) in [5, 5.41) is 0.406. The maximum absolute atomic E-state index is 13.5. The van der Waals surface area contributed by atoms with Crippen LogP contribution in [-0.2, 0) is 0 Å². The number of hydrogen-bond acceptors (Lipinski definition) is 1. The lowest BCUT2D eigenvalue weighted by atomic mass is 10.0. The molecule has 0 aliphatic carbocycles. The average Bonchev–Trinajstić information content (AvgIpc) is 2.13. The van der Waals surface area contributed by atoms with Gasteiger partial charge in [-0.2, -0.15) is 0 Å². The van der Waals surface area contributed by atoms with Gasteiger partial charge in [0.15, 0.2) is 0 Å². The summed E-state index contributed by atoms with van der Waals surface area (Å²) in [5.74, 6) is -0.500. The van der Waals surface area contributed by atoms with Crippen molar-refractivity contribution in [2.45, 2.75) is 25.8 Å². The van der Waals surface area contributed by atoms with Crippen molar-refractivity contribution in [2.75, 3.05) is 0 Å². The van der Waals surface area contributed by atoms with E-state index in [4.69, 9.17) is 28.9 Å². The van der Waals surface area contributed by atoms with Crippen molar-refractivity contribution in [1.29, 1.82) is 0 Å². The highest BCUT2D eigenvalue weighted by atomic mass is 35.5. The third kappa shape index (κ3) is 3.49. The van der Waals surface area contributed by atoms with Crippen LogP contribution in [0.5, 0.6) is 0 Å². The largest absolute Gasteiger partial charge is 0.324 e. The molecule has 0 radical (unpaired) electrons. The van der Waals surface area contributed by atoms with E-state index in [9.17, 15) is 4.39 Å². The molecule has 0 aliphatic rings. The minimum absolute atomic E-state index is 0. The summed E-state index contributed by atoms with van der Waals surface area (Å²) in [5.41, 5.74) is 6.11. The summed E-state index contributed by atoms with van der Waals surface area (Å²) in [4.78, 5) is 0. The van der Waals surface area contributed by atoms with Crippen LogP contribution < -0.4 is 5.73 Å². The summed E-state index contributed by atoms with van der Waals surface area (Å²) in [6.45, 7) is 1.98. The lowest BCUT2D eigenvalue weighted by Crippen LogP contribution is -2.12. The van der Waals surface area contributed by atoms with E-state index < -0.39 is 5.82 Å². The van der Waals surface area contributed by atoms with E-state index in [1.54, 1.807) is 6.07 Å². The van der Waals surface area contributed by atoms with Crippen LogP contribution in [0.3, 0.4) is 0 Å². The van der Waals surface area contributed by atoms with Crippen molar-refractivity contribution < 1.29 is 4.39 Å². The zero-order valence-electron chi connectivity index (χ0n) is 8.27. The topological polar surface area (TPSA) is 26.0 Å². The smallest absolute Gasteiger partial charge is 0.148 e. The zero-order valence-corrected chi connectivity index (χ0v) is 10.6.